The van der Waals surface area contributed by atoms with Crippen LogP contribution in [0.4, 0.5) is 0 Å². The highest BCUT2D eigenvalue weighted by Crippen LogP contribution is 2.03. The van der Waals surface area contributed by atoms with Crippen molar-refractivity contribution in [3.63, 3.8) is 0 Å². The number of unbranched alkanes of at least 4 members (excludes halogenated alkanes) is 3. The molecule has 0 bridgehead atoms. The molecule has 0 aromatic rings. The zero-order valence-electron chi connectivity index (χ0n) is 8.42. The van der Waals surface area contributed by atoms with E-state index in [1.54, 1.807) is 0 Å². The molecule has 0 aliphatic carbocycles. The minimum Gasteiger partial charge on any atom is -0.389 e. The van der Waals surface area contributed by atoms with Crippen LogP contribution in [-0.2, 0) is 0 Å². The minimum atomic E-state index is -0.207. The molecule has 0 aliphatic heterocycles. The van der Waals surface area contributed by atoms with Crippen LogP contribution in [0.3, 0.4) is 0 Å². The lowest BCUT2D eigenvalue weighted by Gasteiger charge is -2.02. The van der Waals surface area contributed by atoms with E-state index in [0.29, 0.717) is 0 Å². The largest absolute Gasteiger partial charge is 0.389 e. The second kappa shape index (κ2) is 8.79. The first-order valence-electron chi connectivity index (χ1n) is 5.16. The third-order valence-corrected chi connectivity index (χ3v) is 1.94. The molecule has 1 atom stereocenters. The molecule has 0 spiro atoms. The molecule has 12 heavy (non-hydrogen) atoms. The number of hydrogen-bond donors (Lipinski definition) is 1. The van der Waals surface area contributed by atoms with Gasteiger partial charge in [0.1, 0.15) is 0 Å². The molecule has 1 unspecified atom stereocenters. The highest BCUT2D eigenvalue weighted by Gasteiger charge is 1.95. The summed E-state index contributed by atoms with van der Waals surface area (Å²) in [6.45, 7) is 4.33. The Labute approximate surface area is 76.5 Å². The van der Waals surface area contributed by atoms with E-state index in [4.69, 9.17) is 0 Å². The van der Waals surface area contributed by atoms with E-state index in [2.05, 4.69) is 19.9 Å². The van der Waals surface area contributed by atoms with E-state index in [9.17, 15) is 5.11 Å². The lowest BCUT2D eigenvalue weighted by Crippen LogP contribution is -2.00. The molecule has 0 saturated heterocycles. The predicted molar refractivity (Wildman–Crippen MR) is 54.2 cm³/mol. The molecule has 1 N–H and O–H groups in total. The van der Waals surface area contributed by atoms with Gasteiger partial charge >= 0.3 is 0 Å². The van der Waals surface area contributed by atoms with Crippen molar-refractivity contribution >= 4 is 0 Å². The number of aliphatic hydroxyl groups excluding tert-OH is 1. The molecule has 1 heteroatoms. The lowest BCUT2D eigenvalue weighted by atomic mass is 10.1. The van der Waals surface area contributed by atoms with Crippen LogP contribution in [-0.4, -0.2) is 11.2 Å². The van der Waals surface area contributed by atoms with Crippen molar-refractivity contribution in [2.24, 2.45) is 0 Å². The topological polar surface area (TPSA) is 20.2 Å². The average Bonchev–Trinajstić information content (AvgIpc) is 2.09. The van der Waals surface area contributed by atoms with Crippen LogP contribution in [0.5, 0.6) is 0 Å². The highest BCUT2D eigenvalue weighted by atomic mass is 16.3. The lowest BCUT2D eigenvalue weighted by molar-refractivity contribution is 0.209. The fourth-order valence-electron chi connectivity index (χ4n) is 1.08. The quantitative estimate of drug-likeness (QED) is 0.459. The molecule has 0 heterocycles. The maximum absolute atomic E-state index is 9.39. The van der Waals surface area contributed by atoms with Crippen LogP contribution in [0, 0.1) is 0 Å². The first kappa shape index (κ1) is 11.7. The maximum Gasteiger partial charge on any atom is 0.0720 e. The summed E-state index contributed by atoms with van der Waals surface area (Å²) in [6.07, 6.45) is 10.6. The van der Waals surface area contributed by atoms with E-state index in [1.165, 1.54) is 19.3 Å². The summed E-state index contributed by atoms with van der Waals surface area (Å²) in [6, 6.07) is 0. The van der Waals surface area contributed by atoms with Crippen LogP contribution in [0.1, 0.15) is 52.4 Å². The van der Waals surface area contributed by atoms with Crippen LogP contribution < -0.4 is 0 Å². The van der Waals surface area contributed by atoms with Crippen LogP contribution in [0.25, 0.3) is 0 Å². The van der Waals surface area contributed by atoms with E-state index in [1.807, 2.05) is 6.08 Å². The number of rotatable bonds is 7. The van der Waals surface area contributed by atoms with Crippen molar-refractivity contribution in [3.8, 4) is 0 Å². The van der Waals surface area contributed by atoms with Crippen LogP contribution in [0.15, 0.2) is 12.2 Å². The fourth-order valence-corrected chi connectivity index (χ4v) is 1.08. The number of hydrogen-bond acceptors (Lipinski definition) is 1. The minimum absolute atomic E-state index is 0.207. The first-order chi connectivity index (χ1) is 5.81. The van der Waals surface area contributed by atoms with Gasteiger partial charge in [0, 0.05) is 0 Å². The van der Waals surface area contributed by atoms with Gasteiger partial charge in [-0.25, -0.2) is 0 Å². The van der Waals surface area contributed by atoms with Gasteiger partial charge in [-0.3, -0.25) is 0 Å². The smallest absolute Gasteiger partial charge is 0.0720 e. The average molecular weight is 170 g/mol. The van der Waals surface area contributed by atoms with Crippen LogP contribution >= 0.6 is 0 Å². The molecular formula is C11H22O. The molecule has 0 aliphatic rings. The van der Waals surface area contributed by atoms with Crippen molar-refractivity contribution in [1.82, 2.24) is 0 Å². The first-order valence-corrected chi connectivity index (χ1v) is 5.16. The Morgan fingerprint density at radius 1 is 1.17 bits per heavy atom. The van der Waals surface area contributed by atoms with Crippen molar-refractivity contribution < 1.29 is 5.11 Å². The standard InChI is InChI=1S/C11H22O/c1-3-5-7-8-10-11(12)9-6-4-2/h8,10-12H,3-7,9H2,1-2H3. The molecular weight excluding hydrogens is 148 g/mol. The Bertz CT molecular complexity index is 108. The summed E-state index contributed by atoms with van der Waals surface area (Å²) in [7, 11) is 0. The molecule has 0 aromatic heterocycles. The number of allylic oxidation sites excluding steroid dienone is 1. The molecule has 0 rings (SSSR count). The molecule has 0 saturated carbocycles. The normalized spacial score (nSPS) is 13.9. The molecule has 0 amide bonds. The van der Waals surface area contributed by atoms with Gasteiger partial charge in [0.15, 0.2) is 0 Å². The SMILES string of the molecule is CCCCC=CC(O)CCCC. The van der Waals surface area contributed by atoms with Gasteiger partial charge in [0.05, 0.1) is 6.10 Å². The van der Waals surface area contributed by atoms with Gasteiger partial charge in [-0.1, -0.05) is 51.7 Å². The highest BCUT2D eigenvalue weighted by molar-refractivity contribution is 4.88. The zero-order chi connectivity index (χ0) is 9.23. The molecule has 72 valence electrons. The Kier molecular flexibility index (Phi) is 8.57. The second-order valence-electron chi connectivity index (χ2n) is 3.28. The van der Waals surface area contributed by atoms with E-state index in [-0.39, 0.29) is 6.10 Å². The Morgan fingerprint density at radius 3 is 2.42 bits per heavy atom. The third kappa shape index (κ3) is 7.80. The van der Waals surface area contributed by atoms with Crippen LogP contribution in [0.2, 0.25) is 0 Å². The Morgan fingerprint density at radius 2 is 1.83 bits per heavy atom. The molecule has 0 fully saturated rings. The van der Waals surface area contributed by atoms with Crippen molar-refractivity contribution in [1.29, 1.82) is 0 Å². The van der Waals surface area contributed by atoms with Gasteiger partial charge in [-0.05, 0) is 12.8 Å². The van der Waals surface area contributed by atoms with E-state index < -0.39 is 0 Å². The van der Waals surface area contributed by atoms with Gasteiger partial charge in [-0.15, -0.1) is 0 Å². The van der Waals surface area contributed by atoms with Crippen molar-refractivity contribution in [2.75, 3.05) is 0 Å². The Hall–Kier alpha value is -0.300. The summed E-state index contributed by atoms with van der Waals surface area (Å²) in [4.78, 5) is 0. The van der Waals surface area contributed by atoms with E-state index >= 15 is 0 Å². The Balaban J connectivity index is 3.27. The van der Waals surface area contributed by atoms with Gasteiger partial charge in [-0.2, -0.15) is 0 Å². The fraction of sp³-hybridized carbons (Fsp3) is 0.818. The monoisotopic (exact) mass is 170 g/mol. The predicted octanol–water partition coefficient (Wildman–Crippen LogP) is 3.28. The van der Waals surface area contributed by atoms with Gasteiger partial charge in [0.25, 0.3) is 0 Å². The summed E-state index contributed by atoms with van der Waals surface area (Å²) in [5.74, 6) is 0. The van der Waals surface area contributed by atoms with Crippen molar-refractivity contribution in [3.05, 3.63) is 12.2 Å². The second-order valence-corrected chi connectivity index (χ2v) is 3.28. The third-order valence-electron chi connectivity index (χ3n) is 1.94. The number of aliphatic hydroxyl groups is 1. The van der Waals surface area contributed by atoms with Gasteiger partial charge in [0.2, 0.25) is 0 Å². The summed E-state index contributed by atoms with van der Waals surface area (Å²) >= 11 is 0. The molecule has 1 nitrogen and oxygen atoms in total. The summed E-state index contributed by atoms with van der Waals surface area (Å²) in [5, 5.41) is 9.39. The summed E-state index contributed by atoms with van der Waals surface area (Å²) < 4.78 is 0. The molecule has 0 aromatic carbocycles. The van der Waals surface area contributed by atoms with Gasteiger partial charge < -0.3 is 5.11 Å². The maximum atomic E-state index is 9.39. The molecule has 0 radical (unpaired) electrons. The summed E-state index contributed by atoms with van der Waals surface area (Å²) in [5.41, 5.74) is 0. The van der Waals surface area contributed by atoms with Crippen molar-refractivity contribution in [2.45, 2.75) is 58.5 Å². The zero-order valence-corrected chi connectivity index (χ0v) is 8.42. The van der Waals surface area contributed by atoms with E-state index in [0.717, 1.165) is 19.3 Å².